The summed E-state index contributed by atoms with van der Waals surface area (Å²) < 4.78 is 10.9. The van der Waals surface area contributed by atoms with Gasteiger partial charge in [0.05, 0.1) is 25.9 Å². The predicted molar refractivity (Wildman–Crippen MR) is 74.9 cm³/mol. The van der Waals surface area contributed by atoms with Gasteiger partial charge in [-0.2, -0.15) is 0 Å². The first-order valence-electron chi connectivity index (χ1n) is 6.74. The number of aryl methyl sites for hydroxylation is 1. The molecule has 1 unspecified atom stereocenters. The smallest absolute Gasteiger partial charge is 0.0701 e. The van der Waals surface area contributed by atoms with Crippen LogP contribution in [0.5, 0.6) is 0 Å². The lowest BCUT2D eigenvalue weighted by atomic mass is 10.0. The van der Waals surface area contributed by atoms with Gasteiger partial charge >= 0.3 is 0 Å². The highest BCUT2D eigenvalue weighted by atomic mass is 16.5. The Hall–Kier alpha value is -0.900. The largest absolute Gasteiger partial charge is 0.379 e. The molecule has 0 aliphatic carbocycles. The summed E-state index contributed by atoms with van der Waals surface area (Å²) in [5, 5.41) is 3.46. The first-order valence-corrected chi connectivity index (χ1v) is 6.74. The molecule has 3 heteroatoms. The van der Waals surface area contributed by atoms with Crippen molar-refractivity contribution in [1.82, 2.24) is 5.32 Å². The first kappa shape index (κ1) is 15.2. The topological polar surface area (TPSA) is 30.5 Å². The molecule has 3 nitrogen and oxygen atoms in total. The molecule has 0 saturated carbocycles. The van der Waals surface area contributed by atoms with Crippen molar-refractivity contribution >= 4 is 0 Å². The average Bonchev–Trinajstić information content (AvgIpc) is 2.38. The maximum absolute atomic E-state index is 5.67. The molecular weight excluding hydrogens is 226 g/mol. The van der Waals surface area contributed by atoms with Gasteiger partial charge in [0.25, 0.3) is 0 Å². The van der Waals surface area contributed by atoms with Crippen molar-refractivity contribution in [2.45, 2.75) is 26.8 Å². The van der Waals surface area contributed by atoms with Gasteiger partial charge in [-0.05, 0) is 31.5 Å². The van der Waals surface area contributed by atoms with Crippen molar-refractivity contribution in [2.75, 3.05) is 33.0 Å². The van der Waals surface area contributed by atoms with Crippen LogP contribution in [0.3, 0.4) is 0 Å². The summed E-state index contributed by atoms with van der Waals surface area (Å²) in [5.41, 5.74) is 2.62. The zero-order valence-electron chi connectivity index (χ0n) is 11.7. The second kappa shape index (κ2) is 9.09. The van der Waals surface area contributed by atoms with Crippen LogP contribution in [0.1, 0.15) is 31.0 Å². The van der Waals surface area contributed by atoms with Gasteiger partial charge in [0.2, 0.25) is 0 Å². The van der Waals surface area contributed by atoms with Crippen LogP contribution >= 0.6 is 0 Å². The molecule has 1 N–H and O–H groups in total. The average molecular weight is 251 g/mol. The number of nitrogens with one attached hydrogen (secondary N) is 1. The molecular formula is C15H25NO2. The van der Waals surface area contributed by atoms with Gasteiger partial charge in [-0.25, -0.2) is 0 Å². The quantitative estimate of drug-likeness (QED) is 0.685. The second-order valence-corrected chi connectivity index (χ2v) is 4.24. The Balaban J connectivity index is 2.47. The highest BCUT2D eigenvalue weighted by Gasteiger charge is 2.12. The van der Waals surface area contributed by atoms with E-state index in [1.165, 1.54) is 11.1 Å². The molecule has 0 bridgehead atoms. The van der Waals surface area contributed by atoms with E-state index in [1.807, 2.05) is 6.92 Å². The van der Waals surface area contributed by atoms with E-state index in [0.717, 1.165) is 13.2 Å². The summed E-state index contributed by atoms with van der Waals surface area (Å²) in [7, 11) is 0. The van der Waals surface area contributed by atoms with Crippen LogP contribution in [0.4, 0.5) is 0 Å². The van der Waals surface area contributed by atoms with Crippen molar-refractivity contribution in [3.63, 3.8) is 0 Å². The fraction of sp³-hybridized carbons (Fsp3) is 0.600. The molecule has 1 atom stereocenters. The minimum absolute atomic E-state index is 0.262. The summed E-state index contributed by atoms with van der Waals surface area (Å²) in [6, 6.07) is 8.71. The molecule has 0 aromatic heterocycles. The minimum Gasteiger partial charge on any atom is -0.379 e. The molecule has 0 spiro atoms. The maximum atomic E-state index is 5.67. The Labute approximate surface area is 110 Å². The van der Waals surface area contributed by atoms with Crippen molar-refractivity contribution in [3.8, 4) is 0 Å². The third-order valence-corrected chi connectivity index (χ3v) is 2.88. The zero-order valence-corrected chi connectivity index (χ0v) is 11.7. The summed E-state index contributed by atoms with van der Waals surface area (Å²) >= 11 is 0. The van der Waals surface area contributed by atoms with Crippen LogP contribution in [0.25, 0.3) is 0 Å². The van der Waals surface area contributed by atoms with Crippen LogP contribution in [-0.2, 0) is 9.47 Å². The Morgan fingerprint density at radius 2 is 1.83 bits per heavy atom. The molecule has 18 heavy (non-hydrogen) atoms. The highest BCUT2D eigenvalue weighted by molar-refractivity contribution is 5.28. The van der Waals surface area contributed by atoms with E-state index < -0.39 is 0 Å². The number of hydrogen-bond acceptors (Lipinski definition) is 3. The van der Waals surface area contributed by atoms with Gasteiger partial charge in [0.1, 0.15) is 0 Å². The SMILES string of the molecule is CCNC(COCCOCC)c1ccccc1C. The molecule has 0 radical (unpaired) electrons. The zero-order chi connectivity index (χ0) is 13.2. The summed E-state index contributed by atoms with van der Waals surface area (Å²) in [6.45, 7) is 9.95. The molecule has 102 valence electrons. The molecule has 0 aliphatic heterocycles. The van der Waals surface area contributed by atoms with Crippen molar-refractivity contribution in [1.29, 1.82) is 0 Å². The highest BCUT2D eigenvalue weighted by Crippen LogP contribution is 2.17. The van der Waals surface area contributed by atoms with Crippen LogP contribution in [0.15, 0.2) is 24.3 Å². The number of ether oxygens (including phenoxy) is 2. The van der Waals surface area contributed by atoms with Gasteiger partial charge in [-0.3, -0.25) is 0 Å². The Kier molecular flexibility index (Phi) is 7.65. The standard InChI is InChI=1S/C15H25NO2/c1-4-16-15(12-18-11-10-17-5-2)14-9-7-6-8-13(14)3/h6-9,15-16H,4-5,10-12H2,1-3H3. The van der Waals surface area contributed by atoms with E-state index in [2.05, 4.69) is 43.4 Å². The summed E-state index contributed by atoms with van der Waals surface area (Å²) in [5.74, 6) is 0. The van der Waals surface area contributed by atoms with Gasteiger partial charge < -0.3 is 14.8 Å². The molecule has 0 amide bonds. The molecule has 0 fully saturated rings. The van der Waals surface area contributed by atoms with Crippen molar-refractivity contribution in [2.24, 2.45) is 0 Å². The molecule has 0 aliphatic rings. The monoisotopic (exact) mass is 251 g/mol. The normalized spacial score (nSPS) is 12.6. The van der Waals surface area contributed by atoms with Crippen LogP contribution < -0.4 is 5.32 Å². The van der Waals surface area contributed by atoms with Crippen molar-refractivity contribution < 1.29 is 9.47 Å². The van der Waals surface area contributed by atoms with E-state index >= 15 is 0 Å². The van der Waals surface area contributed by atoms with E-state index in [-0.39, 0.29) is 6.04 Å². The van der Waals surface area contributed by atoms with E-state index in [9.17, 15) is 0 Å². The molecule has 1 aromatic carbocycles. The summed E-state index contributed by atoms with van der Waals surface area (Å²) in [6.07, 6.45) is 0. The van der Waals surface area contributed by atoms with Gasteiger partial charge in [0, 0.05) is 6.61 Å². The van der Waals surface area contributed by atoms with Gasteiger partial charge in [-0.1, -0.05) is 31.2 Å². The minimum atomic E-state index is 0.262. The fourth-order valence-corrected chi connectivity index (χ4v) is 1.95. The van der Waals surface area contributed by atoms with E-state index in [0.29, 0.717) is 19.8 Å². The molecule has 1 rings (SSSR count). The molecule has 0 heterocycles. The van der Waals surface area contributed by atoms with Crippen LogP contribution in [0, 0.1) is 6.92 Å². The maximum Gasteiger partial charge on any atom is 0.0701 e. The molecule has 0 saturated heterocycles. The lowest BCUT2D eigenvalue weighted by molar-refractivity contribution is 0.0434. The van der Waals surface area contributed by atoms with Gasteiger partial charge in [-0.15, -0.1) is 0 Å². The third kappa shape index (κ3) is 5.17. The Morgan fingerprint density at radius 3 is 2.50 bits per heavy atom. The van der Waals surface area contributed by atoms with E-state index in [4.69, 9.17) is 9.47 Å². The number of hydrogen-bond donors (Lipinski definition) is 1. The van der Waals surface area contributed by atoms with Gasteiger partial charge in [0.15, 0.2) is 0 Å². The van der Waals surface area contributed by atoms with E-state index in [1.54, 1.807) is 0 Å². The fourth-order valence-electron chi connectivity index (χ4n) is 1.95. The number of likely N-dealkylation sites (N-methyl/N-ethyl adjacent to an activating group) is 1. The van der Waals surface area contributed by atoms with Crippen LogP contribution in [0.2, 0.25) is 0 Å². The number of benzene rings is 1. The van der Waals surface area contributed by atoms with Crippen LogP contribution in [-0.4, -0.2) is 33.0 Å². The lowest BCUT2D eigenvalue weighted by Crippen LogP contribution is -2.26. The third-order valence-electron chi connectivity index (χ3n) is 2.88. The summed E-state index contributed by atoms with van der Waals surface area (Å²) in [4.78, 5) is 0. The Bertz CT molecular complexity index is 328. The lowest BCUT2D eigenvalue weighted by Gasteiger charge is -2.20. The predicted octanol–water partition coefficient (Wildman–Crippen LogP) is 2.70. The Morgan fingerprint density at radius 1 is 1.11 bits per heavy atom. The van der Waals surface area contributed by atoms with Crippen molar-refractivity contribution in [3.05, 3.63) is 35.4 Å². The number of rotatable bonds is 9. The second-order valence-electron chi connectivity index (χ2n) is 4.24. The first-order chi connectivity index (χ1) is 8.79. The molecule has 1 aromatic rings.